The van der Waals surface area contributed by atoms with Gasteiger partial charge in [0.05, 0.1) is 0 Å². The Morgan fingerprint density at radius 1 is 0.897 bits per heavy atom. The van der Waals surface area contributed by atoms with Gasteiger partial charge in [0.25, 0.3) is 0 Å². The van der Waals surface area contributed by atoms with Crippen molar-refractivity contribution in [3.8, 4) is 0 Å². The molecule has 2 heteroatoms. The molecule has 0 aliphatic heterocycles. The summed E-state index contributed by atoms with van der Waals surface area (Å²) in [4.78, 5) is 25.3. The predicted molar refractivity (Wildman–Crippen MR) is 118 cm³/mol. The van der Waals surface area contributed by atoms with Crippen LogP contribution in [0.3, 0.4) is 0 Å². The molecule has 2 nitrogen and oxygen atoms in total. The maximum absolute atomic E-state index is 13.2. The SMILES string of the molecule is CC(C)CCC[C@@H](C)C1CCC2C3CC(=O)[C@H]4CC(=O)CCC4(C)C3CCC21C. The Bertz CT molecular complexity index is 651. The van der Waals surface area contributed by atoms with E-state index >= 15 is 0 Å². The van der Waals surface area contributed by atoms with Crippen molar-refractivity contribution in [2.24, 2.45) is 52.3 Å². The number of fused-ring (bicyclic) bond motifs is 5. The van der Waals surface area contributed by atoms with Crippen LogP contribution in [0.25, 0.3) is 0 Å². The zero-order chi connectivity index (χ0) is 21.0. The molecule has 0 radical (unpaired) electrons. The molecule has 0 N–H and O–H groups in total. The molecule has 0 amide bonds. The number of carbonyl (C=O) groups excluding carboxylic acids is 2. The molecular formula is C27H44O2. The van der Waals surface area contributed by atoms with Crippen LogP contribution in [0.2, 0.25) is 0 Å². The van der Waals surface area contributed by atoms with Gasteiger partial charge >= 0.3 is 0 Å². The number of Topliss-reactive ketones (excluding diaryl/α,β-unsaturated/α-hetero) is 2. The molecule has 0 spiro atoms. The Kier molecular flexibility index (Phi) is 5.79. The lowest BCUT2D eigenvalue weighted by molar-refractivity contribution is -0.159. The zero-order valence-electron chi connectivity index (χ0n) is 19.6. The van der Waals surface area contributed by atoms with Crippen LogP contribution in [0.1, 0.15) is 105 Å². The largest absolute Gasteiger partial charge is 0.300 e. The molecule has 8 atom stereocenters. The summed E-state index contributed by atoms with van der Waals surface area (Å²) in [6.07, 6.45) is 12.4. The summed E-state index contributed by atoms with van der Waals surface area (Å²) in [5, 5.41) is 0. The van der Waals surface area contributed by atoms with Gasteiger partial charge in [-0.2, -0.15) is 0 Å². The van der Waals surface area contributed by atoms with Gasteiger partial charge in [0.1, 0.15) is 11.6 Å². The second-order valence-corrected chi connectivity index (χ2v) is 12.4. The maximum atomic E-state index is 13.2. The molecular weight excluding hydrogens is 356 g/mol. The number of ketones is 2. The normalized spacial score (nSPS) is 45.7. The van der Waals surface area contributed by atoms with Gasteiger partial charge in [0.15, 0.2) is 0 Å². The first kappa shape index (κ1) is 21.6. The first-order chi connectivity index (χ1) is 13.7. The molecule has 0 aromatic heterocycles. The molecule has 4 fully saturated rings. The third-order valence-corrected chi connectivity index (χ3v) is 10.5. The van der Waals surface area contributed by atoms with Crippen molar-refractivity contribution in [1.82, 2.24) is 0 Å². The van der Waals surface area contributed by atoms with Crippen LogP contribution in [0.4, 0.5) is 0 Å². The van der Waals surface area contributed by atoms with E-state index in [1.54, 1.807) is 0 Å². The van der Waals surface area contributed by atoms with Crippen LogP contribution in [-0.2, 0) is 9.59 Å². The molecule has 6 unspecified atom stereocenters. The molecule has 0 saturated heterocycles. The van der Waals surface area contributed by atoms with Crippen molar-refractivity contribution in [3.05, 3.63) is 0 Å². The second-order valence-electron chi connectivity index (χ2n) is 12.4. The van der Waals surface area contributed by atoms with Gasteiger partial charge in [-0.05, 0) is 78.4 Å². The number of hydrogen-bond donors (Lipinski definition) is 0. The third-order valence-electron chi connectivity index (χ3n) is 10.5. The Balaban J connectivity index is 1.51. The van der Waals surface area contributed by atoms with E-state index in [2.05, 4.69) is 34.6 Å². The van der Waals surface area contributed by atoms with Crippen molar-refractivity contribution in [2.45, 2.75) is 105 Å². The van der Waals surface area contributed by atoms with Crippen molar-refractivity contribution in [1.29, 1.82) is 0 Å². The lowest BCUT2D eigenvalue weighted by Crippen LogP contribution is -2.56. The number of rotatable bonds is 5. The minimum atomic E-state index is 0.0292. The minimum Gasteiger partial charge on any atom is -0.300 e. The molecule has 0 bridgehead atoms. The quantitative estimate of drug-likeness (QED) is 0.505. The van der Waals surface area contributed by atoms with Crippen molar-refractivity contribution < 1.29 is 9.59 Å². The van der Waals surface area contributed by atoms with E-state index in [9.17, 15) is 9.59 Å². The summed E-state index contributed by atoms with van der Waals surface area (Å²) in [6, 6.07) is 0. The van der Waals surface area contributed by atoms with E-state index in [1.807, 2.05) is 0 Å². The van der Waals surface area contributed by atoms with Gasteiger partial charge < -0.3 is 0 Å². The smallest absolute Gasteiger partial charge is 0.137 e. The van der Waals surface area contributed by atoms with Gasteiger partial charge in [0.2, 0.25) is 0 Å². The first-order valence-electron chi connectivity index (χ1n) is 12.7. The Morgan fingerprint density at radius 2 is 1.62 bits per heavy atom. The molecule has 29 heavy (non-hydrogen) atoms. The summed E-state index contributed by atoms with van der Waals surface area (Å²) >= 11 is 0. The molecule has 4 aliphatic rings. The first-order valence-corrected chi connectivity index (χ1v) is 12.7. The van der Waals surface area contributed by atoms with E-state index < -0.39 is 0 Å². The third kappa shape index (κ3) is 3.55. The fourth-order valence-corrected chi connectivity index (χ4v) is 8.86. The summed E-state index contributed by atoms with van der Waals surface area (Å²) in [7, 11) is 0. The summed E-state index contributed by atoms with van der Waals surface area (Å²) in [6.45, 7) is 12.2. The maximum Gasteiger partial charge on any atom is 0.137 e. The van der Waals surface area contributed by atoms with Crippen LogP contribution < -0.4 is 0 Å². The van der Waals surface area contributed by atoms with Gasteiger partial charge in [0, 0.05) is 25.2 Å². The monoisotopic (exact) mass is 400 g/mol. The molecule has 164 valence electrons. The fraction of sp³-hybridized carbons (Fsp3) is 0.926. The van der Waals surface area contributed by atoms with Crippen molar-refractivity contribution >= 4 is 11.6 Å². The highest BCUT2D eigenvalue weighted by atomic mass is 16.1. The topological polar surface area (TPSA) is 34.1 Å². The standard InChI is InChI=1S/C27H44O2/c1-17(2)7-6-8-18(3)21-9-10-22-20-16-25(29)24-15-19(28)11-13-27(24,5)23(20)12-14-26(21,22)4/h17-18,20-24H,6-16H2,1-5H3/t18-,20?,21?,22?,23?,24-,26?,27?/m1/s1. The van der Waals surface area contributed by atoms with Crippen LogP contribution in [0.5, 0.6) is 0 Å². The number of carbonyl (C=O) groups is 2. The van der Waals surface area contributed by atoms with E-state index in [-0.39, 0.29) is 11.3 Å². The van der Waals surface area contributed by atoms with Gasteiger partial charge in [-0.15, -0.1) is 0 Å². The molecule has 0 aromatic rings. The van der Waals surface area contributed by atoms with E-state index in [1.165, 1.54) is 44.9 Å². The Labute approximate surface area is 179 Å². The Hall–Kier alpha value is -0.660. The molecule has 4 rings (SSSR count). The highest BCUT2D eigenvalue weighted by Gasteiger charge is 2.62. The fourth-order valence-electron chi connectivity index (χ4n) is 8.86. The van der Waals surface area contributed by atoms with Gasteiger partial charge in [-0.25, -0.2) is 0 Å². The summed E-state index contributed by atoms with van der Waals surface area (Å²) in [5.41, 5.74) is 0.530. The molecule has 4 aliphatic carbocycles. The Morgan fingerprint density at radius 3 is 2.34 bits per heavy atom. The highest BCUT2D eigenvalue weighted by Crippen LogP contribution is 2.67. The lowest BCUT2D eigenvalue weighted by Gasteiger charge is -2.59. The highest BCUT2D eigenvalue weighted by molar-refractivity contribution is 5.90. The van der Waals surface area contributed by atoms with Gasteiger partial charge in [-0.3, -0.25) is 9.59 Å². The van der Waals surface area contributed by atoms with Crippen LogP contribution in [0.15, 0.2) is 0 Å². The van der Waals surface area contributed by atoms with Crippen LogP contribution in [0, 0.1) is 52.3 Å². The van der Waals surface area contributed by atoms with E-state index in [0.29, 0.717) is 41.7 Å². The minimum absolute atomic E-state index is 0.0292. The lowest BCUT2D eigenvalue weighted by atomic mass is 9.44. The summed E-state index contributed by atoms with van der Waals surface area (Å²) < 4.78 is 0. The molecule has 0 aromatic carbocycles. The predicted octanol–water partition coefficient (Wildman–Crippen LogP) is 6.86. The average Bonchev–Trinajstić information content (AvgIpc) is 3.00. The summed E-state index contributed by atoms with van der Waals surface area (Å²) in [5.74, 6) is 5.25. The second kappa shape index (κ2) is 7.79. The van der Waals surface area contributed by atoms with Crippen LogP contribution in [-0.4, -0.2) is 11.6 Å². The van der Waals surface area contributed by atoms with Crippen LogP contribution >= 0.6 is 0 Å². The van der Waals surface area contributed by atoms with E-state index in [0.717, 1.165) is 36.5 Å². The average molecular weight is 401 g/mol. The molecule has 0 heterocycles. The molecule has 4 saturated carbocycles. The van der Waals surface area contributed by atoms with E-state index in [4.69, 9.17) is 0 Å². The number of hydrogen-bond acceptors (Lipinski definition) is 2. The van der Waals surface area contributed by atoms with Crippen molar-refractivity contribution in [2.75, 3.05) is 0 Å². The van der Waals surface area contributed by atoms with Gasteiger partial charge in [-0.1, -0.05) is 53.9 Å². The zero-order valence-corrected chi connectivity index (χ0v) is 19.6. The van der Waals surface area contributed by atoms with Crippen molar-refractivity contribution in [3.63, 3.8) is 0 Å².